The Bertz CT molecular complexity index is 544. The van der Waals surface area contributed by atoms with Crippen molar-refractivity contribution in [3.05, 3.63) is 29.8 Å². The molecule has 2 heterocycles. The van der Waals surface area contributed by atoms with E-state index in [1.54, 1.807) is 0 Å². The van der Waals surface area contributed by atoms with Gasteiger partial charge in [-0.15, -0.1) is 0 Å². The first-order chi connectivity index (χ1) is 11.6. The van der Waals surface area contributed by atoms with Crippen LogP contribution in [0.5, 0.6) is 5.75 Å². The maximum Gasteiger partial charge on any atom is 0.250 e. The Kier molecular flexibility index (Phi) is 5.74. The van der Waals surface area contributed by atoms with E-state index in [1.807, 2.05) is 26.0 Å². The number of nitrogens with zero attached hydrogens (tertiary/aromatic N) is 1. The van der Waals surface area contributed by atoms with Gasteiger partial charge in [-0.25, -0.2) is 0 Å². The van der Waals surface area contributed by atoms with Crippen molar-refractivity contribution in [1.29, 1.82) is 0 Å². The van der Waals surface area contributed by atoms with E-state index in [0.29, 0.717) is 19.2 Å². The number of carbonyl (C=O) groups excluding carboxylic acids is 1. The zero-order chi connectivity index (χ0) is 16.9. The third-order valence-corrected chi connectivity index (χ3v) is 4.69. The minimum Gasteiger partial charge on any atom is -0.491 e. The van der Waals surface area contributed by atoms with Crippen molar-refractivity contribution in [2.24, 2.45) is 0 Å². The van der Waals surface area contributed by atoms with Crippen LogP contribution in [0.15, 0.2) is 24.3 Å². The second-order valence-corrected chi connectivity index (χ2v) is 6.96. The molecule has 0 bridgehead atoms. The lowest BCUT2D eigenvalue weighted by Gasteiger charge is -2.34. The summed E-state index contributed by atoms with van der Waals surface area (Å²) in [5.41, 5.74) is 1.19. The van der Waals surface area contributed by atoms with Gasteiger partial charge >= 0.3 is 0 Å². The SMILES string of the molecule is CC(C)Oc1ccc(CCNC(=O)[C@@H]2CN3CCC[C@H]3CO2)cc1. The molecule has 2 aliphatic rings. The molecule has 0 unspecified atom stereocenters. The lowest BCUT2D eigenvalue weighted by atomic mass is 10.1. The van der Waals surface area contributed by atoms with E-state index in [4.69, 9.17) is 9.47 Å². The van der Waals surface area contributed by atoms with Gasteiger partial charge in [0.05, 0.1) is 12.7 Å². The minimum atomic E-state index is -0.318. The Morgan fingerprint density at radius 1 is 1.38 bits per heavy atom. The van der Waals surface area contributed by atoms with Crippen LogP contribution in [0.25, 0.3) is 0 Å². The Hall–Kier alpha value is -1.59. The summed E-state index contributed by atoms with van der Waals surface area (Å²) in [6.07, 6.45) is 3.10. The number of morpholine rings is 1. The average Bonchev–Trinajstić information content (AvgIpc) is 3.03. The molecule has 0 saturated carbocycles. The molecule has 0 aromatic heterocycles. The van der Waals surface area contributed by atoms with Crippen molar-refractivity contribution in [3.8, 4) is 5.75 Å². The van der Waals surface area contributed by atoms with Crippen LogP contribution in [0, 0.1) is 0 Å². The van der Waals surface area contributed by atoms with E-state index in [9.17, 15) is 4.79 Å². The fraction of sp³-hybridized carbons (Fsp3) is 0.632. The summed E-state index contributed by atoms with van der Waals surface area (Å²) in [5.74, 6) is 0.897. The number of benzene rings is 1. The van der Waals surface area contributed by atoms with E-state index in [0.717, 1.165) is 25.3 Å². The summed E-state index contributed by atoms with van der Waals surface area (Å²) >= 11 is 0. The summed E-state index contributed by atoms with van der Waals surface area (Å²) in [4.78, 5) is 14.7. The number of amides is 1. The molecule has 2 aliphatic heterocycles. The fourth-order valence-corrected chi connectivity index (χ4v) is 3.43. The maximum atomic E-state index is 12.3. The van der Waals surface area contributed by atoms with Gasteiger partial charge in [-0.05, 0) is 57.4 Å². The predicted molar refractivity (Wildman–Crippen MR) is 93.3 cm³/mol. The van der Waals surface area contributed by atoms with Gasteiger partial charge in [0, 0.05) is 19.1 Å². The molecule has 2 fully saturated rings. The highest BCUT2D eigenvalue weighted by atomic mass is 16.5. The van der Waals surface area contributed by atoms with Crippen molar-refractivity contribution in [2.45, 2.75) is 51.4 Å². The quantitative estimate of drug-likeness (QED) is 0.866. The van der Waals surface area contributed by atoms with Crippen LogP contribution < -0.4 is 10.1 Å². The Morgan fingerprint density at radius 3 is 2.92 bits per heavy atom. The molecule has 1 amide bonds. The Morgan fingerprint density at radius 2 is 2.17 bits per heavy atom. The van der Waals surface area contributed by atoms with Crippen LogP contribution in [-0.4, -0.2) is 55.3 Å². The zero-order valence-electron chi connectivity index (χ0n) is 14.7. The highest BCUT2D eigenvalue weighted by Crippen LogP contribution is 2.22. The second kappa shape index (κ2) is 7.99. The standard InChI is InChI=1S/C19H28N2O3/c1-14(2)24-17-7-5-15(6-8-17)9-10-20-19(22)18-12-21-11-3-4-16(21)13-23-18/h5-8,14,16,18H,3-4,9-13H2,1-2H3,(H,20,22)/t16-,18-/m0/s1. The molecule has 5 heteroatoms. The van der Waals surface area contributed by atoms with Gasteiger partial charge in [-0.2, -0.15) is 0 Å². The van der Waals surface area contributed by atoms with E-state index in [-0.39, 0.29) is 18.1 Å². The minimum absolute atomic E-state index is 0.0140. The Labute approximate surface area is 144 Å². The monoisotopic (exact) mass is 332 g/mol. The number of nitrogens with one attached hydrogen (secondary N) is 1. The first kappa shape index (κ1) is 17.2. The molecule has 132 valence electrons. The van der Waals surface area contributed by atoms with Gasteiger partial charge in [0.1, 0.15) is 11.9 Å². The van der Waals surface area contributed by atoms with Crippen molar-refractivity contribution in [2.75, 3.05) is 26.2 Å². The summed E-state index contributed by atoms with van der Waals surface area (Å²) in [7, 11) is 0. The number of fused-ring (bicyclic) bond motifs is 1. The molecule has 5 nitrogen and oxygen atoms in total. The molecule has 0 radical (unpaired) electrons. The van der Waals surface area contributed by atoms with Gasteiger partial charge in [-0.3, -0.25) is 9.69 Å². The molecule has 24 heavy (non-hydrogen) atoms. The normalized spacial score (nSPS) is 24.0. The van der Waals surface area contributed by atoms with Gasteiger partial charge in [0.2, 0.25) is 5.91 Å². The van der Waals surface area contributed by atoms with E-state index in [2.05, 4.69) is 22.3 Å². The number of ether oxygens (including phenoxy) is 2. The highest BCUT2D eigenvalue weighted by Gasteiger charge is 2.35. The summed E-state index contributed by atoms with van der Waals surface area (Å²) in [6, 6.07) is 8.59. The van der Waals surface area contributed by atoms with Gasteiger partial charge in [-0.1, -0.05) is 12.1 Å². The van der Waals surface area contributed by atoms with E-state index >= 15 is 0 Å². The van der Waals surface area contributed by atoms with Crippen LogP contribution in [0.4, 0.5) is 0 Å². The van der Waals surface area contributed by atoms with Gasteiger partial charge < -0.3 is 14.8 Å². The molecular formula is C19H28N2O3. The number of rotatable bonds is 6. The maximum absolute atomic E-state index is 12.3. The topological polar surface area (TPSA) is 50.8 Å². The lowest BCUT2D eigenvalue weighted by Crippen LogP contribution is -2.52. The summed E-state index contributed by atoms with van der Waals surface area (Å²) < 4.78 is 11.4. The smallest absolute Gasteiger partial charge is 0.250 e. The van der Waals surface area contributed by atoms with Crippen molar-refractivity contribution in [1.82, 2.24) is 10.2 Å². The second-order valence-electron chi connectivity index (χ2n) is 6.96. The average molecular weight is 332 g/mol. The van der Waals surface area contributed by atoms with Crippen molar-refractivity contribution < 1.29 is 14.3 Å². The number of hydrogen-bond donors (Lipinski definition) is 1. The molecular weight excluding hydrogens is 304 g/mol. The van der Waals surface area contributed by atoms with Crippen LogP contribution in [0.3, 0.4) is 0 Å². The molecule has 2 saturated heterocycles. The summed E-state index contributed by atoms with van der Waals surface area (Å²) in [6.45, 7) is 7.19. The Balaban J connectivity index is 1.40. The predicted octanol–water partition coefficient (Wildman–Crippen LogP) is 2.00. The van der Waals surface area contributed by atoms with Gasteiger partial charge in [0.15, 0.2) is 0 Å². The molecule has 0 spiro atoms. The molecule has 0 aliphatic carbocycles. The highest BCUT2D eigenvalue weighted by molar-refractivity contribution is 5.81. The lowest BCUT2D eigenvalue weighted by molar-refractivity contribution is -0.140. The van der Waals surface area contributed by atoms with Crippen LogP contribution in [0.1, 0.15) is 32.3 Å². The molecule has 1 aromatic rings. The van der Waals surface area contributed by atoms with Crippen LogP contribution in [0.2, 0.25) is 0 Å². The van der Waals surface area contributed by atoms with Crippen LogP contribution in [-0.2, 0) is 16.0 Å². The molecule has 1 N–H and O–H groups in total. The third-order valence-electron chi connectivity index (χ3n) is 4.69. The fourth-order valence-electron chi connectivity index (χ4n) is 3.43. The molecule has 2 atom stereocenters. The molecule has 3 rings (SSSR count). The van der Waals surface area contributed by atoms with Crippen molar-refractivity contribution >= 4 is 5.91 Å². The van der Waals surface area contributed by atoms with Gasteiger partial charge in [0.25, 0.3) is 0 Å². The third kappa shape index (κ3) is 4.48. The first-order valence-corrected chi connectivity index (χ1v) is 9.01. The molecule has 1 aromatic carbocycles. The summed E-state index contributed by atoms with van der Waals surface area (Å²) in [5, 5.41) is 3.01. The zero-order valence-corrected chi connectivity index (χ0v) is 14.7. The number of hydrogen-bond acceptors (Lipinski definition) is 4. The van der Waals surface area contributed by atoms with Crippen LogP contribution >= 0.6 is 0 Å². The van der Waals surface area contributed by atoms with E-state index in [1.165, 1.54) is 18.4 Å². The first-order valence-electron chi connectivity index (χ1n) is 9.01. The number of carbonyl (C=O) groups is 1. The van der Waals surface area contributed by atoms with Crippen molar-refractivity contribution in [3.63, 3.8) is 0 Å². The largest absolute Gasteiger partial charge is 0.491 e. The van der Waals surface area contributed by atoms with E-state index < -0.39 is 0 Å².